The molecule has 0 radical (unpaired) electrons. The minimum absolute atomic E-state index is 0.0275. The van der Waals surface area contributed by atoms with E-state index in [2.05, 4.69) is 15.9 Å². The van der Waals surface area contributed by atoms with Gasteiger partial charge < -0.3 is 4.90 Å². The first-order valence-electron chi connectivity index (χ1n) is 4.30. The third-order valence-corrected chi connectivity index (χ3v) is 4.20. The second kappa shape index (κ2) is 4.91. The summed E-state index contributed by atoms with van der Waals surface area (Å²) in [6, 6.07) is 1.80. The second-order valence-electron chi connectivity index (χ2n) is 3.40. The molecule has 0 saturated heterocycles. The Labute approximate surface area is 111 Å². The van der Waals surface area contributed by atoms with Gasteiger partial charge in [-0.15, -0.1) is 0 Å². The molecule has 17 heavy (non-hydrogen) atoms. The van der Waals surface area contributed by atoms with Crippen LogP contribution < -0.4 is 0 Å². The van der Waals surface area contributed by atoms with Crippen molar-refractivity contribution in [3.63, 3.8) is 0 Å². The molecule has 4 nitrogen and oxygen atoms in total. The Hall–Kier alpha value is -0.660. The Kier molecular flexibility index (Phi) is 4.16. The van der Waals surface area contributed by atoms with E-state index in [-0.39, 0.29) is 14.9 Å². The molecule has 8 heteroatoms. The maximum Gasteiger partial charge on any atom is 0.262 e. The molecule has 0 N–H and O–H groups in total. The summed E-state index contributed by atoms with van der Waals surface area (Å²) in [6.07, 6.45) is 0. The van der Waals surface area contributed by atoms with Gasteiger partial charge in [0.25, 0.3) is 15.0 Å². The zero-order chi connectivity index (χ0) is 13.4. The van der Waals surface area contributed by atoms with Gasteiger partial charge in [-0.05, 0) is 28.1 Å². The fourth-order valence-electron chi connectivity index (χ4n) is 1.12. The van der Waals surface area contributed by atoms with Crippen molar-refractivity contribution in [2.75, 3.05) is 14.1 Å². The molecule has 0 fully saturated rings. The Morgan fingerprint density at radius 1 is 1.41 bits per heavy atom. The van der Waals surface area contributed by atoms with Gasteiger partial charge in [0.05, 0.1) is 10.5 Å². The van der Waals surface area contributed by atoms with Crippen LogP contribution in [0.1, 0.15) is 10.4 Å². The normalized spacial score (nSPS) is 11.4. The molecule has 1 aromatic rings. The van der Waals surface area contributed by atoms with Gasteiger partial charge in [-0.3, -0.25) is 4.79 Å². The summed E-state index contributed by atoms with van der Waals surface area (Å²) in [6.45, 7) is 0. The smallest absolute Gasteiger partial charge is 0.262 e. The predicted octanol–water partition coefficient (Wildman–Crippen LogP) is 2.22. The minimum Gasteiger partial charge on any atom is -0.345 e. The molecule has 0 heterocycles. The van der Waals surface area contributed by atoms with Crippen molar-refractivity contribution in [1.82, 2.24) is 4.90 Å². The van der Waals surface area contributed by atoms with Gasteiger partial charge in [-0.1, -0.05) is 0 Å². The first-order valence-corrected chi connectivity index (χ1v) is 7.40. The number of nitrogens with zero attached hydrogens (tertiary/aromatic N) is 1. The lowest BCUT2D eigenvalue weighted by molar-refractivity contribution is 0.0822. The molecule has 0 aliphatic carbocycles. The number of halogens is 3. The number of benzene rings is 1. The summed E-state index contributed by atoms with van der Waals surface area (Å²) >= 11 is 2.87. The monoisotopic (exact) mass is 343 g/mol. The molecular formula is C9H8BrClFNO3S. The largest absolute Gasteiger partial charge is 0.345 e. The first-order chi connectivity index (χ1) is 7.64. The van der Waals surface area contributed by atoms with E-state index in [1.807, 2.05) is 0 Å². The number of amides is 1. The van der Waals surface area contributed by atoms with Crippen LogP contribution in [0, 0.1) is 5.82 Å². The van der Waals surface area contributed by atoms with Crippen molar-refractivity contribution in [1.29, 1.82) is 0 Å². The van der Waals surface area contributed by atoms with Crippen LogP contribution in [0.25, 0.3) is 0 Å². The summed E-state index contributed by atoms with van der Waals surface area (Å²) in [5, 5.41) is 0. The average Bonchev–Trinajstić information content (AvgIpc) is 2.14. The first kappa shape index (κ1) is 14.4. The Morgan fingerprint density at radius 3 is 2.35 bits per heavy atom. The van der Waals surface area contributed by atoms with Crippen LogP contribution in [0.15, 0.2) is 21.5 Å². The predicted molar refractivity (Wildman–Crippen MR) is 65.2 cm³/mol. The highest BCUT2D eigenvalue weighted by Gasteiger charge is 2.22. The highest BCUT2D eigenvalue weighted by Crippen LogP contribution is 2.28. The van der Waals surface area contributed by atoms with Crippen molar-refractivity contribution in [2.24, 2.45) is 0 Å². The standard InChI is InChI=1S/C9H8BrClFNO3S/c1-13(2)9(14)5-3-8(17(11,15)16)6(10)4-7(5)12/h3-4H,1-2H3. The number of carbonyl (C=O) groups is 1. The summed E-state index contributed by atoms with van der Waals surface area (Å²) in [4.78, 5) is 12.4. The maximum atomic E-state index is 13.5. The van der Waals surface area contributed by atoms with Crippen LogP contribution in [-0.2, 0) is 9.05 Å². The van der Waals surface area contributed by atoms with E-state index >= 15 is 0 Å². The van der Waals surface area contributed by atoms with Gasteiger partial charge in [0, 0.05) is 29.3 Å². The Morgan fingerprint density at radius 2 is 1.94 bits per heavy atom. The van der Waals surface area contributed by atoms with Gasteiger partial charge in [0.2, 0.25) is 0 Å². The highest BCUT2D eigenvalue weighted by molar-refractivity contribution is 9.10. The molecule has 94 valence electrons. The molecule has 1 aromatic carbocycles. The molecule has 0 bridgehead atoms. The van der Waals surface area contributed by atoms with Crippen LogP contribution in [-0.4, -0.2) is 33.3 Å². The zero-order valence-corrected chi connectivity index (χ0v) is 12.0. The molecule has 1 amide bonds. The quantitative estimate of drug-likeness (QED) is 0.773. The van der Waals surface area contributed by atoms with E-state index in [1.165, 1.54) is 14.1 Å². The lowest BCUT2D eigenvalue weighted by atomic mass is 10.2. The fourth-order valence-corrected chi connectivity index (χ4v) is 3.29. The van der Waals surface area contributed by atoms with E-state index in [9.17, 15) is 17.6 Å². The summed E-state index contributed by atoms with van der Waals surface area (Å²) in [7, 11) is 3.98. The SMILES string of the molecule is CN(C)C(=O)c1cc(S(=O)(=O)Cl)c(Br)cc1F. The number of hydrogen-bond acceptors (Lipinski definition) is 3. The summed E-state index contributed by atoms with van der Waals surface area (Å²) in [5.74, 6) is -1.46. The van der Waals surface area contributed by atoms with Crippen LogP contribution in [0.3, 0.4) is 0 Å². The van der Waals surface area contributed by atoms with E-state index in [0.29, 0.717) is 0 Å². The topological polar surface area (TPSA) is 54.5 Å². The molecule has 0 aliphatic rings. The van der Waals surface area contributed by atoms with Crippen molar-refractivity contribution >= 4 is 41.6 Å². The number of rotatable bonds is 2. The van der Waals surface area contributed by atoms with Gasteiger partial charge in [-0.2, -0.15) is 0 Å². The molecule has 0 aliphatic heterocycles. The lowest BCUT2D eigenvalue weighted by Crippen LogP contribution is -2.23. The Balaban J connectivity index is 3.50. The highest BCUT2D eigenvalue weighted by atomic mass is 79.9. The molecule has 0 unspecified atom stereocenters. The number of hydrogen-bond donors (Lipinski definition) is 0. The molecular weight excluding hydrogens is 337 g/mol. The van der Waals surface area contributed by atoms with Gasteiger partial charge in [-0.25, -0.2) is 12.8 Å². The van der Waals surface area contributed by atoms with E-state index in [1.54, 1.807) is 0 Å². The van der Waals surface area contributed by atoms with Crippen molar-refractivity contribution in [2.45, 2.75) is 4.90 Å². The van der Waals surface area contributed by atoms with Gasteiger partial charge in [0.15, 0.2) is 0 Å². The van der Waals surface area contributed by atoms with Crippen LogP contribution in [0.5, 0.6) is 0 Å². The molecule has 1 rings (SSSR count). The van der Waals surface area contributed by atoms with Crippen molar-refractivity contribution in [3.8, 4) is 0 Å². The maximum absolute atomic E-state index is 13.5. The fraction of sp³-hybridized carbons (Fsp3) is 0.222. The van der Waals surface area contributed by atoms with E-state index in [0.717, 1.165) is 17.0 Å². The molecule has 0 spiro atoms. The van der Waals surface area contributed by atoms with Crippen LogP contribution in [0.2, 0.25) is 0 Å². The van der Waals surface area contributed by atoms with Crippen molar-refractivity contribution < 1.29 is 17.6 Å². The van der Waals surface area contributed by atoms with Crippen LogP contribution >= 0.6 is 26.6 Å². The second-order valence-corrected chi connectivity index (χ2v) is 6.79. The number of carbonyl (C=O) groups excluding carboxylic acids is 1. The third kappa shape index (κ3) is 3.17. The minimum atomic E-state index is -4.04. The van der Waals surface area contributed by atoms with E-state index < -0.39 is 20.8 Å². The summed E-state index contributed by atoms with van der Waals surface area (Å²) < 4.78 is 35.9. The molecule has 0 saturated carbocycles. The molecule has 0 aromatic heterocycles. The third-order valence-electron chi connectivity index (χ3n) is 1.92. The van der Waals surface area contributed by atoms with Crippen molar-refractivity contribution in [3.05, 3.63) is 28.0 Å². The zero-order valence-electron chi connectivity index (χ0n) is 8.87. The van der Waals surface area contributed by atoms with Gasteiger partial charge in [0.1, 0.15) is 5.82 Å². The van der Waals surface area contributed by atoms with Crippen LogP contribution in [0.4, 0.5) is 4.39 Å². The Bertz CT molecular complexity index is 574. The molecule has 0 atom stereocenters. The van der Waals surface area contributed by atoms with Gasteiger partial charge >= 0.3 is 0 Å². The average molecular weight is 345 g/mol. The lowest BCUT2D eigenvalue weighted by Gasteiger charge is -2.12. The summed E-state index contributed by atoms with van der Waals surface area (Å²) in [5.41, 5.74) is -0.350. The van der Waals surface area contributed by atoms with E-state index in [4.69, 9.17) is 10.7 Å².